The fraction of sp³-hybridized carbons (Fsp3) is 0.421. The molecule has 0 unspecified atom stereocenters. The molecule has 1 saturated carbocycles. The van der Waals surface area contributed by atoms with E-state index in [2.05, 4.69) is 10.3 Å². The van der Waals surface area contributed by atoms with Crippen LogP contribution in [-0.4, -0.2) is 22.8 Å². The Morgan fingerprint density at radius 1 is 1.21 bits per heavy atom. The van der Waals surface area contributed by atoms with Gasteiger partial charge in [-0.2, -0.15) is 23.4 Å². The minimum absolute atomic E-state index is 0.00504. The maximum absolute atomic E-state index is 13.0. The molecule has 0 radical (unpaired) electrons. The molecule has 1 aromatic heterocycles. The first-order chi connectivity index (χ1) is 13.3. The van der Waals surface area contributed by atoms with Gasteiger partial charge in [-0.3, -0.25) is 9.36 Å². The maximum Gasteiger partial charge on any atom is 0.391 e. The molecule has 1 N–H and O–H groups in total. The first kappa shape index (κ1) is 20.2. The summed E-state index contributed by atoms with van der Waals surface area (Å²) in [4.78, 5) is 16.4. The standard InChI is InChI=1S/C19H18ClF3N4O/c1-25-17-15(20)18(28)26-16(12-4-6-13(7-5-12)19(21,22)23)27(17)14-8-2-11(10-24)3-9-14/h2-3,8-9,12-13,25H,4-7H2,1H3/t12-,13+. The third-order valence-corrected chi connectivity index (χ3v) is 5.45. The van der Waals surface area contributed by atoms with Gasteiger partial charge in [-0.05, 0) is 49.9 Å². The van der Waals surface area contributed by atoms with Crippen molar-refractivity contribution >= 4 is 17.4 Å². The average Bonchev–Trinajstić information content (AvgIpc) is 2.69. The van der Waals surface area contributed by atoms with Crippen molar-refractivity contribution in [3.8, 4) is 11.8 Å². The van der Waals surface area contributed by atoms with Crippen LogP contribution in [0.25, 0.3) is 5.69 Å². The molecule has 0 spiro atoms. The van der Waals surface area contributed by atoms with E-state index in [1.54, 1.807) is 35.9 Å². The fourth-order valence-corrected chi connectivity index (χ4v) is 3.86. The molecule has 1 fully saturated rings. The van der Waals surface area contributed by atoms with Crippen molar-refractivity contribution in [3.05, 3.63) is 51.0 Å². The number of benzene rings is 1. The number of rotatable bonds is 3. The quantitative estimate of drug-likeness (QED) is 0.800. The van der Waals surface area contributed by atoms with E-state index in [0.717, 1.165) is 0 Å². The van der Waals surface area contributed by atoms with Gasteiger partial charge in [-0.1, -0.05) is 11.6 Å². The molecule has 1 aromatic carbocycles. The summed E-state index contributed by atoms with van der Waals surface area (Å²) < 4.78 is 40.6. The van der Waals surface area contributed by atoms with Crippen LogP contribution in [0.3, 0.4) is 0 Å². The van der Waals surface area contributed by atoms with E-state index in [0.29, 0.717) is 22.9 Å². The number of hydrogen-bond donors (Lipinski definition) is 1. The monoisotopic (exact) mass is 410 g/mol. The molecule has 5 nitrogen and oxygen atoms in total. The Balaban J connectivity index is 2.07. The number of halogens is 4. The second-order valence-corrected chi connectivity index (χ2v) is 7.15. The van der Waals surface area contributed by atoms with Crippen LogP contribution in [0.2, 0.25) is 5.02 Å². The van der Waals surface area contributed by atoms with E-state index in [9.17, 15) is 18.0 Å². The van der Waals surface area contributed by atoms with Gasteiger partial charge in [-0.15, -0.1) is 0 Å². The van der Waals surface area contributed by atoms with Crippen LogP contribution in [0.5, 0.6) is 0 Å². The lowest BCUT2D eigenvalue weighted by molar-refractivity contribution is -0.182. The maximum atomic E-state index is 13.0. The Labute approximate surface area is 164 Å². The van der Waals surface area contributed by atoms with Gasteiger partial charge < -0.3 is 5.32 Å². The number of aromatic nitrogens is 2. The van der Waals surface area contributed by atoms with E-state index in [4.69, 9.17) is 16.9 Å². The predicted molar refractivity (Wildman–Crippen MR) is 99.9 cm³/mol. The molecule has 0 saturated heterocycles. The van der Waals surface area contributed by atoms with Gasteiger partial charge in [0.2, 0.25) is 0 Å². The highest BCUT2D eigenvalue weighted by atomic mass is 35.5. The molecule has 0 atom stereocenters. The lowest BCUT2D eigenvalue weighted by atomic mass is 9.81. The Kier molecular flexibility index (Phi) is 5.66. The summed E-state index contributed by atoms with van der Waals surface area (Å²) in [5, 5.41) is 11.8. The largest absolute Gasteiger partial charge is 0.391 e. The second kappa shape index (κ2) is 7.84. The lowest BCUT2D eigenvalue weighted by Gasteiger charge is -2.31. The summed E-state index contributed by atoms with van der Waals surface area (Å²) in [6.07, 6.45) is -3.67. The number of anilines is 1. The lowest BCUT2D eigenvalue weighted by Crippen LogP contribution is -2.30. The normalized spacial score (nSPS) is 19.9. The van der Waals surface area contributed by atoms with Gasteiger partial charge in [-0.25, -0.2) is 0 Å². The summed E-state index contributed by atoms with van der Waals surface area (Å²) in [6, 6.07) is 8.64. The van der Waals surface area contributed by atoms with Crippen molar-refractivity contribution in [1.29, 1.82) is 5.26 Å². The Bertz CT molecular complexity index is 955. The Hall–Kier alpha value is -2.53. The van der Waals surface area contributed by atoms with Crippen LogP contribution in [-0.2, 0) is 0 Å². The Morgan fingerprint density at radius 2 is 1.82 bits per heavy atom. The van der Waals surface area contributed by atoms with Gasteiger partial charge in [0.05, 0.1) is 17.6 Å². The van der Waals surface area contributed by atoms with Gasteiger partial charge in [0.15, 0.2) is 0 Å². The molecule has 0 aliphatic heterocycles. The molecule has 1 aliphatic rings. The zero-order valence-corrected chi connectivity index (χ0v) is 15.8. The molecule has 28 heavy (non-hydrogen) atoms. The number of nitrogens with one attached hydrogen (secondary N) is 1. The van der Waals surface area contributed by atoms with E-state index in [1.165, 1.54) is 0 Å². The van der Waals surface area contributed by atoms with Crippen molar-refractivity contribution < 1.29 is 13.2 Å². The number of hydrogen-bond acceptors (Lipinski definition) is 4. The first-order valence-corrected chi connectivity index (χ1v) is 9.21. The van der Waals surface area contributed by atoms with Crippen molar-refractivity contribution in [2.45, 2.75) is 37.8 Å². The SMILES string of the molecule is CNc1c(Cl)c(=O)nc([C@H]2CC[C@@H](C(F)(F)F)CC2)n1-c1ccc(C#N)cc1. The van der Waals surface area contributed by atoms with Crippen molar-refractivity contribution in [3.63, 3.8) is 0 Å². The third kappa shape index (κ3) is 3.85. The summed E-state index contributed by atoms with van der Waals surface area (Å²) in [6.45, 7) is 0. The van der Waals surface area contributed by atoms with Crippen LogP contribution >= 0.6 is 11.6 Å². The minimum atomic E-state index is -4.21. The van der Waals surface area contributed by atoms with Crippen LogP contribution < -0.4 is 10.9 Å². The number of alkyl halides is 3. The zero-order valence-electron chi connectivity index (χ0n) is 15.1. The molecular weight excluding hydrogens is 393 g/mol. The van der Waals surface area contributed by atoms with Crippen molar-refractivity contribution in [1.82, 2.24) is 9.55 Å². The molecule has 3 rings (SSSR count). The summed E-state index contributed by atoms with van der Waals surface area (Å²) in [7, 11) is 1.60. The zero-order chi connectivity index (χ0) is 20.5. The predicted octanol–water partition coefficient (Wildman–Crippen LogP) is 4.64. The van der Waals surface area contributed by atoms with Crippen molar-refractivity contribution in [2.24, 2.45) is 5.92 Å². The van der Waals surface area contributed by atoms with Gasteiger partial charge in [0.1, 0.15) is 16.7 Å². The van der Waals surface area contributed by atoms with E-state index in [-0.39, 0.29) is 36.6 Å². The minimum Gasteiger partial charge on any atom is -0.373 e. The smallest absolute Gasteiger partial charge is 0.373 e. The number of nitrogens with zero attached hydrogens (tertiary/aromatic N) is 3. The summed E-state index contributed by atoms with van der Waals surface area (Å²) in [5.74, 6) is -0.926. The fourth-order valence-electron chi connectivity index (χ4n) is 3.64. The topological polar surface area (TPSA) is 70.7 Å². The molecule has 1 heterocycles. The van der Waals surface area contributed by atoms with Crippen LogP contribution in [0, 0.1) is 17.2 Å². The molecule has 148 valence electrons. The highest BCUT2D eigenvalue weighted by Gasteiger charge is 2.42. The van der Waals surface area contributed by atoms with Gasteiger partial charge in [0.25, 0.3) is 5.56 Å². The van der Waals surface area contributed by atoms with E-state index in [1.807, 2.05) is 6.07 Å². The summed E-state index contributed by atoms with van der Waals surface area (Å²) >= 11 is 6.14. The molecule has 1 aliphatic carbocycles. The van der Waals surface area contributed by atoms with Crippen LogP contribution in [0.15, 0.2) is 29.1 Å². The van der Waals surface area contributed by atoms with Gasteiger partial charge >= 0.3 is 6.18 Å². The molecule has 0 bridgehead atoms. The average molecular weight is 411 g/mol. The van der Waals surface area contributed by atoms with E-state index >= 15 is 0 Å². The van der Waals surface area contributed by atoms with Gasteiger partial charge in [0, 0.05) is 18.7 Å². The highest BCUT2D eigenvalue weighted by Crippen LogP contribution is 2.43. The first-order valence-electron chi connectivity index (χ1n) is 8.83. The molecule has 0 amide bonds. The third-order valence-electron chi connectivity index (χ3n) is 5.11. The van der Waals surface area contributed by atoms with Crippen LogP contribution in [0.4, 0.5) is 19.0 Å². The Morgan fingerprint density at radius 3 is 2.32 bits per heavy atom. The van der Waals surface area contributed by atoms with Crippen LogP contribution in [0.1, 0.15) is 43.0 Å². The highest BCUT2D eigenvalue weighted by molar-refractivity contribution is 6.32. The number of nitriles is 1. The second-order valence-electron chi connectivity index (χ2n) is 6.77. The summed E-state index contributed by atoms with van der Waals surface area (Å²) in [5.41, 5.74) is 0.455. The van der Waals surface area contributed by atoms with Crippen molar-refractivity contribution in [2.75, 3.05) is 12.4 Å². The molecular formula is C19H18ClF3N4O. The molecule has 9 heteroatoms. The molecule has 2 aromatic rings. The van der Waals surface area contributed by atoms with E-state index < -0.39 is 17.7 Å².